The molecule has 0 fully saturated rings. The van der Waals surface area contributed by atoms with Crippen LogP contribution in [0.4, 0.5) is 11.4 Å². The quantitative estimate of drug-likeness (QED) is 0.510. The van der Waals surface area contributed by atoms with Gasteiger partial charge >= 0.3 is 0 Å². The number of hydrogen-bond donors (Lipinski definition) is 2. The average molecular weight is 286 g/mol. The van der Waals surface area contributed by atoms with Gasteiger partial charge in [0.25, 0.3) is 0 Å². The Balaban J connectivity index is 2.19. The van der Waals surface area contributed by atoms with Crippen LogP contribution in [0.1, 0.15) is 37.2 Å². The average Bonchev–Trinajstić information content (AvgIpc) is 2.47. The molecule has 0 radical (unpaired) electrons. The van der Waals surface area contributed by atoms with Crippen LogP contribution in [-0.2, 0) is 0 Å². The molecule has 0 saturated heterocycles. The summed E-state index contributed by atoms with van der Waals surface area (Å²) in [6.45, 7) is 3.34. The zero-order valence-electron chi connectivity index (χ0n) is 12.0. The fourth-order valence-corrected chi connectivity index (χ4v) is 1.86. The maximum atomic E-state index is 12.0. The Kier molecular flexibility index (Phi) is 4.67. The van der Waals surface area contributed by atoms with E-state index in [1.54, 1.807) is 62.4 Å². The zero-order chi connectivity index (χ0) is 15.4. The molecule has 2 N–H and O–H groups in total. The fraction of sp³-hybridized carbons (Fsp3) is 0.250. The van der Waals surface area contributed by atoms with Gasteiger partial charge in [-0.1, -0.05) is 17.0 Å². The maximum Gasteiger partial charge on any atom is 0.244 e. The van der Waals surface area contributed by atoms with Crippen LogP contribution >= 0.6 is 0 Å². The number of nitrogens with zero attached hydrogens (tertiary/aromatic N) is 2. The van der Waals surface area contributed by atoms with E-state index in [2.05, 4.69) is 5.11 Å². The molecule has 0 aliphatic heterocycles. The Labute approximate surface area is 123 Å². The van der Waals surface area contributed by atoms with Gasteiger partial charge in [0.05, 0.1) is 12.2 Å². The molecule has 5 nitrogen and oxygen atoms in total. The number of hydrogen-bond acceptors (Lipinski definition) is 4. The minimum atomic E-state index is -0.566. The van der Waals surface area contributed by atoms with Gasteiger partial charge in [-0.25, -0.2) is 0 Å². The molecule has 2 aromatic rings. The third-order valence-electron chi connectivity index (χ3n) is 3.18. The van der Waals surface area contributed by atoms with Crippen molar-refractivity contribution in [3.63, 3.8) is 0 Å². The summed E-state index contributed by atoms with van der Waals surface area (Å²) in [6.07, 6.45) is -1.11. The molecule has 2 aromatic carbocycles. The molecular formula is C16H18N2O3. The second-order valence-corrected chi connectivity index (χ2v) is 4.91. The highest BCUT2D eigenvalue weighted by Gasteiger charge is 2.07. The van der Waals surface area contributed by atoms with Crippen LogP contribution in [0.15, 0.2) is 53.6 Å². The summed E-state index contributed by atoms with van der Waals surface area (Å²) in [7, 11) is 0. The van der Waals surface area contributed by atoms with Crippen LogP contribution < -0.4 is 0 Å². The smallest absolute Gasteiger partial charge is 0.244 e. The minimum Gasteiger partial charge on any atom is -0.594 e. The van der Waals surface area contributed by atoms with Gasteiger partial charge in [-0.15, -0.1) is 0 Å². The predicted octanol–water partition coefficient (Wildman–Crippen LogP) is 3.72. The number of benzene rings is 2. The van der Waals surface area contributed by atoms with E-state index in [0.29, 0.717) is 16.2 Å². The lowest BCUT2D eigenvalue weighted by molar-refractivity contribution is -0.435. The lowest BCUT2D eigenvalue weighted by Crippen LogP contribution is -1.94. The Bertz CT molecular complexity index is 617. The predicted molar refractivity (Wildman–Crippen MR) is 79.5 cm³/mol. The van der Waals surface area contributed by atoms with Crippen molar-refractivity contribution in [1.29, 1.82) is 0 Å². The van der Waals surface area contributed by atoms with Gasteiger partial charge in [0.15, 0.2) is 0 Å². The molecule has 0 amide bonds. The summed E-state index contributed by atoms with van der Waals surface area (Å²) >= 11 is 0. The second kappa shape index (κ2) is 6.47. The van der Waals surface area contributed by atoms with Gasteiger partial charge in [-0.2, -0.15) is 0 Å². The molecule has 0 bridgehead atoms. The van der Waals surface area contributed by atoms with E-state index in [-0.39, 0.29) is 0 Å². The van der Waals surface area contributed by atoms with Gasteiger partial charge in [0, 0.05) is 17.2 Å². The first-order valence-corrected chi connectivity index (χ1v) is 6.72. The Morgan fingerprint density at radius 2 is 1.29 bits per heavy atom. The van der Waals surface area contributed by atoms with Crippen LogP contribution in [0.5, 0.6) is 0 Å². The van der Waals surface area contributed by atoms with Gasteiger partial charge in [0.2, 0.25) is 5.69 Å². The largest absolute Gasteiger partial charge is 0.594 e. The van der Waals surface area contributed by atoms with Crippen molar-refractivity contribution in [2.24, 2.45) is 5.11 Å². The molecule has 5 heteroatoms. The van der Waals surface area contributed by atoms with Gasteiger partial charge in [0.1, 0.15) is 5.69 Å². The van der Waals surface area contributed by atoms with Crippen molar-refractivity contribution in [2.75, 3.05) is 0 Å². The van der Waals surface area contributed by atoms with Crippen LogP contribution in [0.3, 0.4) is 0 Å². The molecule has 21 heavy (non-hydrogen) atoms. The standard InChI is InChI=1S/C16H18N2O3/c1-11(19)13-3-7-15(8-4-13)17-18(21)16-9-5-14(6-10-16)12(2)20/h3-12,19-20H,1-2H3. The highest BCUT2D eigenvalue weighted by atomic mass is 16.5. The zero-order valence-corrected chi connectivity index (χ0v) is 12.0. The maximum absolute atomic E-state index is 12.0. The second-order valence-electron chi connectivity index (χ2n) is 4.91. The summed E-state index contributed by atoms with van der Waals surface area (Å²) in [6, 6.07) is 13.4. The highest BCUT2D eigenvalue weighted by molar-refractivity contribution is 5.39. The van der Waals surface area contributed by atoms with Crippen molar-refractivity contribution >= 4 is 11.4 Å². The molecule has 0 aliphatic rings. The van der Waals surface area contributed by atoms with E-state index in [4.69, 9.17) is 0 Å². The van der Waals surface area contributed by atoms with Gasteiger partial charge in [-0.3, -0.25) is 0 Å². The summed E-state index contributed by atoms with van der Waals surface area (Å²) < 4.78 is 0. The molecule has 0 spiro atoms. The highest BCUT2D eigenvalue weighted by Crippen LogP contribution is 2.22. The first-order chi connectivity index (χ1) is 9.97. The summed E-state index contributed by atoms with van der Waals surface area (Å²) in [5, 5.41) is 34.7. The molecule has 0 aliphatic carbocycles. The molecule has 2 atom stereocenters. The van der Waals surface area contributed by atoms with Crippen molar-refractivity contribution in [3.05, 3.63) is 64.9 Å². The number of rotatable bonds is 4. The van der Waals surface area contributed by atoms with Crippen LogP contribution in [0.25, 0.3) is 0 Å². The van der Waals surface area contributed by atoms with E-state index < -0.39 is 12.2 Å². The van der Waals surface area contributed by atoms with Crippen molar-refractivity contribution in [2.45, 2.75) is 26.1 Å². The van der Waals surface area contributed by atoms with Gasteiger partial charge < -0.3 is 15.4 Å². The van der Waals surface area contributed by atoms with E-state index in [1.165, 1.54) is 0 Å². The Morgan fingerprint density at radius 1 is 0.857 bits per heavy atom. The fourth-order valence-electron chi connectivity index (χ4n) is 1.86. The normalized spacial score (nSPS) is 14.8. The molecule has 0 saturated carbocycles. The Morgan fingerprint density at radius 3 is 1.71 bits per heavy atom. The SMILES string of the molecule is CC(O)c1ccc(N=[N+]([O-])c2ccc(C(C)O)cc2)cc1. The summed E-state index contributed by atoms with van der Waals surface area (Å²) in [5.74, 6) is 0. The van der Waals surface area contributed by atoms with Gasteiger partial charge in [-0.05, 0) is 49.2 Å². The van der Waals surface area contributed by atoms with E-state index in [0.717, 1.165) is 11.1 Å². The third kappa shape index (κ3) is 3.87. The van der Waals surface area contributed by atoms with E-state index in [1.807, 2.05) is 0 Å². The number of azo groups is 1. The Hall–Kier alpha value is -2.24. The first-order valence-electron chi connectivity index (χ1n) is 6.72. The lowest BCUT2D eigenvalue weighted by Gasteiger charge is -2.05. The molecule has 110 valence electrons. The van der Waals surface area contributed by atoms with E-state index in [9.17, 15) is 15.4 Å². The summed E-state index contributed by atoms with van der Waals surface area (Å²) in [5.41, 5.74) is 2.41. The molecule has 0 aromatic heterocycles. The summed E-state index contributed by atoms with van der Waals surface area (Å²) in [4.78, 5) is 0.531. The topological polar surface area (TPSA) is 78.9 Å². The molecule has 2 unspecified atom stereocenters. The molecular weight excluding hydrogens is 268 g/mol. The van der Waals surface area contributed by atoms with Crippen LogP contribution in [0, 0.1) is 5.21 Å². The molecule has 2 rings (SSSR count). The van der Waals surface area contributed by atoms with Crippen LogP contribution in [-0.4, -0.2) is 15.1 Å². The lowest BCUT2D eigenvalue weighted by atomic mass is 10.1. The number of aliphatic hydroxyl groups is 2. The minimum absolute atomic E-state index is 0.388. The van der Waals surface area contributed by atoms with Crippen molar-refractivity contribution in [1.82, 2.24) is 0 Å². The molecule has 0 heterocycles. The van der Waals surface area contributed by atoms with Crippen molar-refractivity contribution < 1.29 is 15.1 Å². The van der Waals surface area contributed by atoms with E-state index >= 15 is 0 Å². The monoisotopic (exact) mass is 286 g/mol. The van der Waals surface area contributed by atoms with Crippen LogP contribution in [0.2, 0.25) is 0 Å². The van der Waals surface area contributed by atoms with Crippen molar-refractivity contribution in [3.8, 4) is 0 Å². The first kappa shape index (κ1) is 15.2. The third-order valence-corrected chi connectivity index (χ3v) is 3.18. The number of aliphatic hydroxyl groups excluding tert-OH is 2.